The first-order chi connectivity index (χ1) is 41.8. The van der Waals surface area contributed by atoms with Gasteiger partial charge in [-0.05, 0) is 213 Å². The van der Waals surface area contributed by atoms with Crippen molar-refractivity contribution >= 4 is 34.1 Å². The molecule has 0 aliphatic heterocycles. The number of aryl methyl sites for hydroxylation is 2. The van der Waals surface area contributed by atoms with Crippen molar-refractivity contribution in [1.82, 2.24) is 0 Å². The van der Waals surface area contributed by atoms with E-state index in [-0.39, 0.29) is 0 Å². The minimum absolute atomic E-state index is 0.525. The number of hydrogen-bond acceptors (Lipinski definition) is 4. The number of fused-ring (bicyclic) bond motifs is 3. The van der Waals surface area contributed by atoms with Crippen molar-refractivity contribution in [2.45, 2.75) is 58.7 Å². The van der Waals surface area contributed by atoms with Crippen LogP contribution in [-0.2, 0) is 23.4 Å². The third kappa shape index (κ3) is 11.0. The Morgan fingerprint density at radius 3 is 1.18 bits per heavy atom. The SMILES string of the molecule is CCC(C)c1ccc(COCc2ccc(Oc3ccc(C4(c5cc(C)ccc5C)c5ccc(-c6ccc(N(c7ccccc7)c7ccccc7)cc6)cc5-c5cc(-c6ccc(N(c7ccccc7)c7ccccc7)cc6)ccc54)cc3)cc2)cc1. The summed E-state index contributed by atoms with van der Waals surface area (Å²) in [6.45, 7) is 10.1. The monoisotopic (exact) mass is 1100 g/mol. The van der Waals surface area contributed by atoms with E-state index in [9.17, 15) is 0 Å². The zero-order chi connectivity index (χ0) is 57.7. The molecule has 0 saturated carbocycles. The summed E-state index contributed by atoms with van der Waals surface area (Å²) in [5.41, 5.74) is 24.1. The van der Waals surface area contributed by atoms with E-state index in [0.717, 1.165) is 79.9 Å². The predicted octanol–water partition coefficient (Wildman–Crippen LogP) is 22.0. The standard InChI is InChI=1S/C81H68N2O2/c1-5-58(3)62-32-28-60(29-33-62)55-84-56-61-30-46-74(47-31-61)85-75-48-40-67(41-49-75)81(80-52-57(2)26-27-59(80)4)78-50-38-65(63-34-42-72(43-35-63)82(68-18-10-6-11-19-68)69-20-12-7-13-21-69)53-76(78)77-54-66(39-51-79(77)81)64-36-44-73(45-37-64)83(70-22-14-8-15-23-70)71-24-16-9-17-25-71/h6-54,58H,5,55-56H2,1-4H3. The van der Waals surface area contributed by atoms with Crippen LogP contribution in [0.4, 0.5) is 34.1 Å². The molecular weight excluding hydrogens is 1030 g/mol. The van der Waals surface area contributed by atoms with Crippen LogP contribution < -0.4 is 14.5 Å². The number of para-hydroxylation sites is 4. The average Bonchev–Trinajstić information content (AvgIpc) is 1.76. The molecule has 1 unspecified atom stereocenters. The molecule has 1 atom stereocenters. The topological polar surface area (TPSA) is 24.9 Å². The summed E-state index contributed by atoms with van der Waals surface area (Å²) in [6, 6.07) is 108. The maximum atomic E-state index is 6.61. The highest BCUT2D eigenvalue weighted by molar-refractivity contribution is 5.92. The fraction of sp³-hybridized carbons (Fsp3) is 0.111. The summed E-state index contributed by atoms with van der Waals surface area (Å²) in [5, 5.41) is 0. The van der Waals surface area contributed by atoms with Gasteiger partial charge in [-0.1, -0.05) is 207 Å². The molecule has 0 spiro atoms. The van der Waals surface area contributed by atoms with Gasteiger partial charge in [0.05, 0.1) is 18.6 Å². The largest absolute Gasteiger partial charge is 0.457 e. The summed E-state index contributed by atoms with van der Waals surface area (Å²) in [6.07, 6.45) is 1.13. The molecule has 1 aliphatic rings. The van der Waals surface area contributed by atoms with Gasteiger partial charge in [0.2, 0.25) is 0 Å². The molecule has 85 heavy (non-hydrogen) atoms. The highest BCUT2D eigenvalue weighted by atomic mass is 16.5. The number of ether oxygens (including phenoxy) is 2. The minimum Gasteiger partial charge on any atom is -0.457 e. The molecule has 12 aromatic rings. The normalized spacial score (nSPS) is 12.5. The van der Waals surface area contributed by atoms with E-state index >= 15 is 0 Å². The van der Waals surface area contributed by atoms with Crippen LogP contribution in [0.3, 0.4) is 0 Å². The molecule has 0 N–H and O–H groups in total. The van der Waals surface area contributed by atoms with Crippen molar-refractivity contribution < 1.29 is 9.47 Å². The van der Waals surface area contributed by atoms with E-state index in [0.29, 0.717) is 19.1 Å². The van der Waals surface area contributed by atoms with E-state index in [1.54, 1.807) is 0 Å². The van der Waals surface area contributed by atoms with Gasteiger partial charge in [-0.3, -0.25) is 0 Å². The van der Waals surface area contributed by atoms with Crippen LogP contribution in [0.15, 0.2) is 297 Å². The molecule has 0 radical (unpaired) electrons. The Morgan fingerprint density at radius 1 is 0.365 bits per heavy atom. The van der Waals surface area contributed by atoms with Gasteiger partial charge in [0.1, 0.15) is 11.5 Å². The second-order valence-electron chi connectivity index (χ2n) is 22.5. The highest BCUT2D eigenvalue weighted by Gasteiger charge is 2.47. The Kier molecular flexibility index (Phi) is 15.4. The molecule has 0 aromatic heterocycles. The lowest BCUT2D eigenvalue weighted by Gasteiger charge is -2.35. The van der Waals surface area contributed by atoms with Crippen LogP contribution in [0, 0.1) is 13.8 Å². The van der Waals surface area contributed by atoms with Crippen LogP contribution in [0.1, 0.15) is 76.3 Å². The lowest BCUT2D eigenvalue weighted by atomic mass is 9.66. The Hall–Kier alpha value is -10.0. The molecule has 1 aliphatic carbocycles. The van der Waals surface area contributed by atoms with Crippen molar-refractivity contribution in [3.63, 3.8) is 0 Å². The molecule has 4 nitrogen and oxygen atoms in total. The van der Waals surface area contributed by atoms with E-state index in [1.807, 2.05) is 12.1 Å². The summed E-state index contributed by atoms with van der Waals surface area (Å²) in [5.74, 6) is 2.11. The van der Waals surface area contributed by atoms with Gasteiger partial charge in [0, 0.05) is 34.1 Å². The van der Waals surface area contributed by atoms with Crippen molar-refractivity contribution in [3.05, 3.63) is 347 Å². The quantitative estimate of drug-likeness (QED) is 0.0855. The van der Waals surface area contributed by atoms with Crippen LogP contribution in [0.25, 0.3) is 33.4 Å². The van der Waals surface area contributed by atoms with Gasteiger partial charge in [0.15, 0.2) is 0 Å². The van der Waals surface area contributed by atoms with Crippen molar-refractivity contribution in [3.8, 4) is 44.9 Å². The molecule has 0 amide bonds. The molecular formula is C81H68N2O2. The van der Waals surface area contributed by atoms with E-state index in [2.05, 4.69) is 323 Å². The first kappa shape index (κ1) is 54.3. The van der Waals surface area contributed by atoms with Gasteiger partial charge in [-0.25, -0.2) is 0 Å². The van der Waals surface area contributed by atoms with Gasteiger partial charge < -0.3 is 19.3 Å². The Balaban J connectivity index is 0.871. The number of hydrogen-bond donors (Lipinski definition) is 0. The molecule has 0 saturated heterocycles. The van der Waals surface area contributed by atoms with E-state index in [1.165, 1.54) is 55.6 Å². The molecule has 4 heteroatoms. The summed E-state index contributed by atoms with van der Waals surface area (Å²) in [7, 11) is 0. The van der Waals surface area contributed by atoms with Gasteiger partial charge >= 0.3 is 0 Å². The third-order valence-electron chi connectivity index (χ3n) is 17.1. The zero-order valence-corrected chi connectivity index (χ0v) is 48.7. The zero-order valence-electron chi connectivity index (χ0n) is 48.7. The molecule has 414 valence electrons. The second kappa shape index (κ2) is 24.1. The Morgan fingerprint density at radius 2 is 0.753 bits per heavy atom. The number of anilines is 6. The predicted molar refractivity (Wildman–Crippen MR) is 354 cm³/mol. The second-order valence-corrected chi connectivity index (χ2v) is 22.5. The Bertz CT molecular complexity index is 3950. The smallest absolute Gasteiger partial charge is 0.127 e. The number of benzene rings is 12. The number of nitrogens with zero attached hydrogens (tertiary/aromatic N) is 2. The Labute approximate surface area is 501 Å². The summed E-state index contributed by atoms with van der Waals surface area (Å²) in [4.78, 5) is 4.63. The third-order valence-corrected chi connectivity index (χ3v) is 17.1. The van der Waals surface area contributed by atoms with Crippen molar-refractivity contribution in [2.75, 3.05) is 9.80 Å². The van der Waals surface area contributed by atoms with Gasteiger partial charge in [0.25, 0.3) is 0 Å². The van der Waals surface area contributed by atoms with Crippen LogP contribution in [-0.4, -0.2) is 0 Å². The molecule has 0 heterocycles. The first-order valence-electron chi connectivity index (χ1n) is 29.7. The van der Waals surface area contributed by atoms with E-state index in [4.69, 9.17) is 9.47 Å². The van der Waals surface area contributed by atoms with Crippen molar-refractivity contribution in [1.29, 1.82) is 0 Å². The molecule has 0 fully saturated rings. The fourth-order valence-electron chi connectivity index (χ4n) is 12.4. The average molecular weight is 1100 g/mol. The van der Waals surface area contributed by atoms with Gasteiger partial charge in [-0.15, -0.1) is 0 Å². The highest BCUT2D eigenvalue weighted by Crippen LogP contribution is 2.58. The van der Waals surface area contributed by atoms with Crippen LogP contribution >= 0.6 is 0 Å². The number of rotatable bonds is 18. The molecule has 13 rings (SSSR count). The molecule has 12 aromatic carbocycles. The van der Waals surface area contributed by atoms with Crippen LogP contribution in [0.5, 0.6) is 11.5 Å². The maximum absolute atomic E-state index is 6.61. The summed E-state index contributed by atoms with van der Waals surface area (Å²) < 4.78 is 12.8. The van der Waals surface area contributed by atoms with Crippen LogP contribution in [0.2, 0.25) is 0 Å². The first-order valence-corrected chi connectivity index (χ1v) is 29.7. The molecule has 0 bridgehead atoms. The van der Waals surface area contributed by atoms with Gasteiger partial charge in [-0.2, -0.15) is 0 Å². The fourth-order valence-corrected chi connectivity index (χ4v) is 12.4. The minimum atomic E-state index is -0.653. The maximum Gasteiger partial charge on any atom is 0.127 e. The lowest BCUT2D eigenvalue weighted by molar-refractivity contribution is 0.107. The van der Waals surface area contributed by atoms with E-state index < -0.39 is 5.41 Å². The lowest BCUT2D eigenvalue weighted by Crippen LogP contribution is -2.29. The summed E-state index contributed by atoms with van der Waals surface area (Å²) >= 11 is 0. The van der Waals surface area contributed by atoms with Crippen molar-refractivity contribution in [2.24, 2.45) is 0 Å².